The number of nitrogens with one attached hydrogen (secondary N) is 1. The van der Waals surface area contributed by atoms with Crippen LogP contribution >= 0.6 is 11.3 Å². The average molecular weight is 401 g/mol. The molecule has 5 rings (SSSR count). The molecule has 0 spiro atoms. The fraction of sp³-hybridized carbons (Fsp3) is 0.0455. The molecule has 6 nitrogen and oxygen atoms in total. The van der Waals surface area contributed by atoms with Crippen LogP contribution in [0.5, 0.6) is 11.6 Å². The Hall–Kier alpha value is -3.71. The SMILES string of the molecule is Cc1ccsc1C(=O)Nc1ccc(Oc2ncnc3c2oc2ccccc23)cc1. The normalized spacial score (nSPS) is 11.1. The first-order valence-electron chi connectivity index (χ1n) is 8.94. The maximum absolute atomic E-state index is 12.3. The first-order chi connectivity index (χ1) is 14.2. The molecule has 0 aliphatic heterocycles. The van der Waals surface area contributed by atoms with Gasteiger partial charge in [-0.3, -0.25) is 4.79 Å². The van der Waals surface area contributed by atoms with Gasteiger partial charge in [0.2, 0.25) is 5.58 Å². The number of thiophene rings is 1. The lowest BCUT2D eigenvalue weighted by Crippen LogP contribution is -2.11. The molecule has 0 radical (unpaired) electrons. The number of aromatic nitrogens is 2. The van der Waals surface area contributed by atoms with Crippen molar-refractivity contribution in [2.45, 2.75) is 6.92 Å². The van der Waals surface area contributed by atoms with Crippen molar-refractivity contribution in [1.82, 2.24) is 9.97 Å². The quantitative estimate of drug-likeness (QED) is 0.412. The van der Waals surface area contributed by atoms with E-state index in [9.17, 15) is 4.79 Å². The van der Waals surface area contributed by atoms with Crippen molar-refractivity contribution in [3.8, 4) is 11.6 Å². The van der Waals surface area contributed by atoms with Gasteiger partial charge in [-0.05, 0) is 60.3 Å². The molecule has 0 saturated heterocycles. The number of furan rings is 1. The number of hydrogen-bond donors (Lipinski definition) is 1. The third kappa shape index (κ3) is 3.21. The maximum Gasteiger partial charge on any atom is 0.267 e. The van der Waals surface area contributed by atoms with E-state index in [1.807, 2.05) is 42.6 Å². The molecule has 0 unspecified atom stereocenters. The van der Waals surface area contributed by atoms with Crippen molar-refractivity contribution < 1.29 is 13.9 Å². The molecule has 0 saturated carbocycles. The second-order valence-electron chi connectivity index (χ2n) is 6.47. The van der Waals surface area contributed by atoms with Crippen molar-refractivity contribution in [3.05, 3.63) is 76.7 Å². The smallest absolute Gasteiger partial charge is 0.267 e. The number of amides is 1. The van der Waals surface area contributed by atoms with E-state index in [1.54, 1.807) is 24.3 Å². The second-order valence-corrected chi connectivity index (χ2v) is 7.38. The van der Waals surface area contributed by atoms with Gasteiger partial charge in [-0.1, -0.05) is 12.1 Å². The minimum Gasteiger partial charge on any atom is -0.449 e. The number of hydrogen-bond acceptors (Lipinski definition) is 6. The van der Waals surface area contributed by atoms with Crippen molar-refractivity contribution in [3.63, 3.8) is 0 Å². The summed E-state index contributed by atoms with van der Waals surface area (Å²) < 4.78 is 11.8. The number of para-hydroxylation sites is 1. The topological polar surface area (TPSA) is 77.2 Å². The Bertz CT molecular complexity index is 1340. The van der Waals surface area contributed by atoms with E-state index >= 15 is 0 Å². The molecule has 3 heterocycles. The lowest BCUT2D eigenvalue weighted by Gasteiger charge is -2.07. The molecule has 0 aliphatic rings. The number of fused-ring (bicyclic) bond motifs is 3. The zero-order chi connectivity index (χ0) is 19.8. The highest BCUT2D eigenvalue weighted by atomic mass is 32.1. The summed E-state index contributed by atoms with van der Waals surface area (Å²) in [4.78, 5) is 21.6. The third-order valence-electron chi connectivity index (χ3n) is 4.52. The Balaban J connectivity index is 1.39. The largest absolute Gasteiger partial charge is 0.449 e. The van der Waals surface area contributed by atoms with Crippen molar-refractivity contribution in [2.75, 3.05) is 5.32 Å². The number of anilines is 1. The van der Waals surface area contributed by atoms with Crippen LogP contribution in [0.4, 0.5) is 5.69 Å². The van der Waals surface area contributed by atoms with Crippen LogP contribution in [0.3, 0.4) is 0 Å². The predicted molar refractivity (Wildman–Crippen MR) is 113 cm³/mol. The molecular formula is C22H15N3O3S. The van der Waals surface area contributed by atoms with Crippen molar-refractivity contribution in [1.29, 1.82) is 0 Å². The minimum absolute atomic E-state index is 0.119. The van der Waals surface area contributed by atoms with Gasteiger partial charge >= 0.3 is 0 Å². The van der Waals surface area contributed by atoms with Crippen molar-refractivity contribution in [2.24, 2.45) is 0 Å². The number of nitrogens with zero attached hydrogens (tertiary/aromatic N) is 2. The number of rotatable bonds is 4. The van der Waals surface area contributed by atoms with Crippen LogP contribution in [0, 0.1) is 6.92 Å². The molecule has 7 heteroatoms. The molecule has 142 valence electrons. The van der Waals surface area contributed by atoms with E-state index in [0.717, 1.165) is 16.5 Å². The lowest BCUT2D eigenvalue weighted by molar-refractivity contribution is 0.103. The average Bonchev–Trinajstić information content (AvgIpc) is 3.33. The zero-order valence-corrected chi connectivity index (χ0v) is 16.2. The fourth-order valence-electron chi connectivity index (χ4n) is 3.09. The van der Waals surface area contributed by atoms with Gasteiger partial charge in [0, 0.05) is 11.1 Å². The van der Waals surface area contributed by atoms with E-state index in [4.69, 9.17) is 9.15 Å². The summed E-state index contributed by atoms with van der Waals surface area (Å²) >= 11 is 1.42. The molecule has 0 aliphatic carbocycles. The summed E-state index contributed by atoms with van der Waals surface area (Å²) in [5.74, 6) is 0.805. The highest BCUT2D eigenvalue weighted by molar-refractivity contribution is 7.12. The molecule has 1 amide bonds. The summed E-state index contributed by atoms with van der Waals surface area (Å²) in [5, 5.41) is 5.71. The molecule has 5 aromatic rings. The molecule has 3 aromatic heterocycles. The van der Waals surface area contributed by atoms with E-state index in [1.165, 1.54) is 17.7 Å². The van der Waals surface area contributed by atoms with E-state index in [2.05, 4.69) is 15.3 Å². The van der Waals surface area contributed by atoms with E-state index in [-0.39, 0.29) is 5.91 Å². The van der Waals surface area contributed by atoms with Crippen LogP contribution in [0.1, 0.15) is 15.2 Å². The Labute approximate surface area is 169 Å². The van der Waals surface area contributed by atoms with Gasteiger partial charge in [-0.2, -0.15) is 4.98 Å². The van der Waals surface area contributed by atoms with Gasteiger partial charge in [-0.15, -0.1) is 11.3 Å². The second kappa shape index (κ2) is 7.03. The Kier molecular flexibility index (Phi) is 4.22. The van der Waals surface area contributed by atoms with Gasteiger partial charge in [0.25, 0.3) is 11.8 Å². The van der Waals surface area contributed by atoms with Crippen LogP contribution in [-0.2, 0) is 0 Å². The number of carbonyl (C=O) groups excluding carboxylic acids is 1. The summed E-state index contributed by atoms with van der Waals surface area (Å²) in [6.45, 7) is 1.92. The van der Waals surface area contributed by atoms with E-state index in [0.29, 0.717) is 33.3 Å². The van der Waals surface area contributed by atoms with Gasteiger partial charge < -0.3 is 14.5 Å². The molecular weight excluding hydrogens is 386 g/mol. The molecule has 0 fully saturated rings. The fourth-order valence-corrected chi connectivity index (χ4v) is 3.91. The first-order valence-corrected chi connectivity index (χ1v) is 9.82. The third-order valence-corrected chi connectivity index (χ3v) is 5.54. The van der Waals surface area contributed by atoms with Crippen LogP contribution in [0.2, 0.25) is 0 Å². The highest BCUT2D eigenvalue weighted by Gasteiger charge is 2.15. The number of carbonyl (C=O) groups is 1. The molecule has 2 aromatic carbocycles. The van der Waals surface area contributed by atoms with Crippen LogP contribution < -0.4 is 10.1 Å². The Morgan fingerprint density at radius 1 is 1.07 bits per heavy atom. The Morgan fingerprint density at radius 2 is 1.90 bits per heavy atom. The van der Waals surface area contributed by atoms with Crippen LogP contribution in [-0.4, -0.2) is 15.9 Å². The standard InChI is InChI=1S/C22H15N3O3S/c1-13-10-11-29-20(13)21(26)25-14-6-8-15(9-7-14)27-22-19-18(23-12-24-22)16-4-2-3-5-17(16)28-19/h2-12H,1H3,(H,25,26). The molecule has 0 bridgehead atoms. The minimum atomic E-state index is -0.119. The molecule has 1 N–H and O–H groups in total. The first kappa shape index (κ1) is 17.4. The summed E-state index contributed by atoms with van der Waals surface area (Å²) in [5.41, 5.74) is 3.59. The van der Waals surface area contributed by atoms with Gasteiger partial charge in [0.15, 0.2) is 0 Å². The van der Waals surface area contributed by atoms with E-state index < -0.39 is 0 Å². The zero-order valence-electron chi connectivity index (χ0n) is 15.4. The summed E-state index contributed by atoms with van der Waals surface area (Å²) in [6.07, 6.45) is 1.46. The predicted octanol–water partition coefficient (Wildman–Crippen LogP) is 5.79. The summed E-state index contributed by atoms with van der Waals surface area (Å²) in [7, 11) is 0. The van der Waals surface area contributed by atoms with Gasteiger partial charge in [-0.25, -0.2) is 4.98 Å². The molecule has 0 atom stereocenters. The highest BCUT2D eigenvalue weighted by Crippen LogP contribution is 2.33. The molecule has 29 heavy (non-hydrogen) atoms. The van der Waals surface area contributed by atoms with Crippen LogP contribution in [0.15, 0.2) is 70.7 Å². The number of aryl methyl sites for hydroxylation is 1. The maximum atomic E-state index is 12.3. The number of ether oxygens (including phenoxy) is 1. The lowest BCUT2D eigenvalue weighted by atomic mass is 10.2. The summed E-state index contributed by atoms with van der Waals surface area (Å²) in [6, 6.07) is 16.7. The van der Waals surface area contributed by atoms with Crippen molar-refractivity contribution >= 4 is 45.0 Å². The monoisotopic (exact) mass is 401 g/mol. The van der Waals surface area contributed by atoms with Gasteiger partial charge in [0.05, 0.1) is 4.88 Å². The van der Waals surface area contributed by atoms with Gasteiger partial charge in [0.1, 0.15) is 23.2 Å². The Morgan fingerprint density at radius 3 is 2.69 bits per heavy atom. The van der Waals surface area contributed by atoms with Crippen LogP contribution in [0.25, 0.3) is 22.1 Å². The number of benzene rings is 2.